The van der Waals surface area contributed by atoms with Gasteiger partial charge in [-0.3, -0.25) is 0 Å². The standard InChI is InChI=1S/C6H7BrO/c7-5-3-4-1-2-6(5)8-4/h3-4,6H,1-2H2/t4-,6+/m1/s1. The smallest absolute Gasteiger partial charge is 0.0896 e. The van der Waals surface area contributed by atoms with Crippen LogP contribution in [0.1, 0.15) is 12.8 Å². The summed E-state index contributed by atoms with van der Waals surface area (Å²) in [5.41, 5.74) is 0. The molecule has 1 nitrogen and oxygen atoms in total. The molecule has 2 aliphatic heterocycles. The predicted octanol–water partition coefficient (Wildman–Crippen LogP) is 1.83. The topological polar surface area (TPSA) is 9.23 Å². The molecule has 2 rings (SSSR count). The van der Waals surface area contributed by atoms with Crippen molar-refractivity contribution in [3.8, 4) is 0 Å². The van der Waals surface area contributed by atoms with Crippen LogP contribution in [0.2, 0.25) is 0 Å². The van der Waals surface area contributed by atoms with Crippen LogP contribution >= 0.6 is 15.9 Å². The van der Waals surface area contributed by atoms with Gasteiger partial charge in [0.25, 0.3) is 0 Å². The molecule has 0 N–H and O–H groups in total. The minimum atomic E-state index is 0.417. The zero-order valence-electron chi connectivity index (χ0n) is 4.43. The number of halogens is 1. The van der Waals surface area contributed by atoms with Crippen molar-refractivity contribution in [1.82, 2.24) is 0 Å². The number of rotatable bonds is 0. The molecule has 44 valence electrons. The van der Waals surface area contributed by atoms with Crippen molar-refractivity contribution in [3.05, 3.63) is 10.6 Å². The van der Waals surface area contributed by atoms with Gasteiger partial charge >= 0.3 is 0 Å². The van der Waals surface area contributed by atoms with Crippen molar-refractivity contribution in [2.24, 2.45) is 0 Å². The normalized spacial score (nSPS) is 42.9. The van der Waals surface area contributed by atoms with Crippen LogP contribution in [0, 0.1) is 0 Å². The highest BCUT2D eigenvalue weighted by molar-refractivity contribution is 9.11. The maximum Gasteiger partial charge on any atom is 0.0896 e. The number of ether oxygens (including phenoxy) is 1. The lowest BCUT2D eigenvalue weighted by Crippen LogP contribution is -1.98. The van der Waals surface area contributed by atoms with E-state index >= 15 is 0 Å². The first kappa shape index (κ1) is 5.00. The summed E-state index contributed by atoms with van der Waals surface area (Å²) >= 11 is 3.43. The molecule has 0 aromatic carbocycles. The second-order valence-electron chi connectivity index (χ2n) is 2.29. The molecular weight excluding hydrogens is 168 g/mol. The lowest BCUT2D eigenvalue weighted by molar-refractivity contribution is 0.119. The van der Waals surface area contributed by atoms with E-state index in [9.17, 15) is 0 Å². The van der Waals surface area contributed by atoms with E-state index in [1.165, 1.54) is 17.3 Å². The highest BCUT2D eigenvalue weighted by Crippen LogP contribution is 2.36. The molecule has 2 bridgehead atoms. The Balaban J connectivity index is 2.29. The predicted molar refractivity (Wildman–Crippen MR) is 34.9 cm³/mol. The minimum Gasteiger partial charge on any atom is -0.366 e. The third-order valence-electron chi connectivity index (χ3n) is 1.71. The molecule has 0 aromatic heterocycles. The van der Waals surface area contributed by atoms with Crippen LogP contribution < -0.4 is 0 Å². The number of hydrogen-bond donors (Lipinski definition) is 0. The molecular formula is C6H7BrO. The Morgan fingerprint density at radius 3 is 2.75 bits per heavy atom. The first-order chi connectivity index (χ1) is 3.86. The summed E-state index contributed by atoms with van der Waals surface area (Å²) in [6.45, 7) is 0. The molecule has 0 spiro atoms. The van der Waals surface area contributed by atoms with Crippen molar-refractivity contribution >= 4 is 15.9 Å². The fraction of sp³-hybridized carbons (Fsp3) is 0.667. The zero-order chi connectivity index (χ0) is 5.56. The summed E-state index contributed by atoms with van der Waals surface area (Å²) in [7, 11) is 0. The Bertz CT molecular complexity index is 141. The third-order valence-corrected chi connectivity index (χ3v) is 2.48. The monoisotopic (exact) mass is 174 g/mol. The Labute approximate surface area is 56.8 Å². The number of fused-ring (bicyclic) bond motifs is 2. The zero-order valence-corrected chi connectivity index (χ0v) is 6.02. The molecule has 0 unspecified atom stereocenters. The first-order valence-corrected chi connectivity index (χ1v) is 3.68. The molecule has 0 saturated carbocycles. The van der Waals surface area contributed by atoms with Gasteiger partial charge in [-0.1, -0.05) is 15.9 Å². The second-order valence-corrected chi connectivity index (χ2v) is 3.21. The average Bonchev–Trinajstić information content (AvgIpc) is 2.23. The van der Waals surface area contributed by atoms with Gasteiger partial charge in [0.05, 0.1) is 12.2 Å². The van der Waals surface area contributed by atoms with Crippen molar-refractivity contribution in [1.29, 1.82) is 0 Å². The molecule has 1 saturated heterocycles. The molecule has 0 aliphatic carbocycles. The maximum absolute atomic E-state index is 5.45. The van der Waals surface area contributed by atoms with E-state index in [4.69, 9.17) is 4.74 Å². The van der Waals surface area contributed by atoms with Crippen LogP contribution in [0.4, 0.5) is 0 Å². The molecule has 0 aromatic rings. The van der Waals surface area contributed by atoms with E-state index in [-0.39, 0.29) is 0 Å². The van der Waals surface area contributed by atoms with Gasteiger partial charge in [-0.05, 0) is 18.9 Å². The van der Waals surface area contributed by atoms with Crippen molar-refractivity contribution < 1.29 is 4.74 Å². The van der Waals surface area contributed by atoms with E-state index in [1.54, 1.807) is 0 Å². The minimum absolute atomic E-state index is 0.417. The molecule has 2 atom stereocenters. The molecule has 1 fully saturated rings. The molecule has 2 aliphatic rings. The third kappa shape index (κ3) is 0.562. The van der Waals surface area contributed by atoms with Crippen LogP contribution in [-0.4, -0.2) is 12.2 Å². The number of hydrogen-bond acceptors (Lipinski definition) is 1. The van der Waals surface area contributed by atoms with E-state index in [2.05, 4.69) is 22.0 Å². The maximum atomic E-state index is 5.45. The quantitative estimate of drug-likeness (QED) is 0.545. The van der Waals surface area contributed by atoms with Crippen molar-refractivity contribution in [2.45, 2.75) is 25.0 Å². The van der Waals surface area contributed by atoms with E-state index in [0.29, 0.717) is 12.2 Å². The molecule has 8 heavy (non-hydrogen) atoms. The van der Waals surface area contributed by atoms with Gasteiger partial charge in [0.1, 0.15) is 0 Å². The van der Waals surface area contributed by atoms with Gasteiger partial charge in [0.2, 0.25) is 0 Å². The Kier molecular flexibility index (Phi) is 0.987. The molecule has 2 heteroatoms. The van der Waals surface area contributed by atoms with E-state index < -0.39 is 0 Å². The summed E-state index contributed by atoms with van der Waals surface area (Å²) in [6.07, 6.45) is 5.45. The molecule has 0 amide bonds. The van der Waals surface area contributed by atoms with Crippen LogP contribution in [0.15, 0.2) is 10.6 Å². The largest absolute Gasteiger partial charge is 0.366 e. The Morgan fingerprint density at radius 2 is 2.50 bits per heavy atom. The van der Waals surface area contributed by atoms with E-state index in [0.717, 1.165) is 0 Å². The Hall–Kier alpha value is 0.180. The lowest BCUT2D eigenvalue weighted by atomic mass is 10.1. The van der Waals surface area contributed by atoms with Crippen molar-refractivity contribution in [2.75, 3.05) is 0 Å². The van der Waals surface area contributed by atoms with Crippen LogP contribution in [-0.2, 0) is 4.74 Å². The van der Waals surface area contributed by atoms with Gasteiger partial charge in [-0.2, -0.15) is 0 Å². The van der Waals surface area contributed by atoms with E-state index in [1.807, 2.05) is 0 Å². The molecule has 2 heterocycles. The van der Waals surface area contributed by atoms with Crippen LogP contribution in [0.5, 0.6) is 0 Å². The summed E-state index contributed by atoms with van der Waals surface area (Å²) in [4.78, 5) is 0. The Morgan fingerprint density at radius 1 is 1.62 bits per heavy atom. The molecule has 0 radical (unpaired) electrons. The lowest BCUT2D eigenvalue weighted by Gasteiger charge is -2.00. The second kappa shape index (κ2) is 1.58. The highest BCUT2D eigenvalue weighted by Gasteiger charge is 2.31. The highest BCUT2D eigenvalue weighted by atomic mass is 79.9. The van der Waals surface area contributed by atoms with Gasteiger partial charge < -0.3 is 4.74 Å². The average molecular weight is 175 g/mol. The summed E-state index contributed by atoms with van der Waals surface area (Å²) in [5.74, 6) is 0. The summed E-state index contributed by atoms with van der Waals surface area (Å²) in [5, 5.41) is 0. The van der Waals surface area contributed by atoms with Gasteiger partial charge in [0, 0.05) is 4.48 Å². The SMILES string of the molecule is BrC1=C[C@H]2CC[C@@H]1O2. The van der Waals surface area contributed by atoms with Gasteiger partial charge in [-0.15, -0.1) is 0 Å². The van der Waals surface area contributed by atoms with Gasteiger partial charge in [-0.25, -0.2) is 0 Å². The summed E-state index contributed by atoms with van der Waals surface area (Å²) in [6, 6.07) is 0. The van der Waals surface area contributed by atoms with Crippen LogP contribution in [0.3, 0.4) is 0 Å². The van der Waals surface area contributed by atoms with Crippen molar-refractivity contribution in [3.63, 3.8) is 0 Å². The fourth-order valence-electron chi connectivity index (χ4n) is 1.27. The fourth-order valence-corrected chi connectivity index (χ4v) is 1.90. The summed E-state index contributed by atoms with van der Waals surface area (Å²) < 4.78 is 6.70. The van der Waals surface area contributed by atoms with Crippen LogP contribution in [0.25, 0.3) is 0 Å². The first-order valence-electron chi connectivity index (χ1n) is 2.89. The van der Waals surface area contributed by atoms with Gasteiger partial charge in [0.15, 0.2) is 0 Å².